The predicted octanol–water partition coefficient (Wildman–Crippen LogP) is 3.02. The summed E-state index contributed by atoms with van der Waals surface area (Å²) in [5.41, 5.74) is 2.18. The fourth-order valence-electron chi connectivity index (χ4n) is 1.01. The van der Waals surface area contributed by atoms with E-state index in [1.165, 1.54) is 0 Å². The molecule has 0 aliphatic heterocycles. The van der Waals surface area contributed by atoms with Crippen molar-refractivity contribution >= 4 is 33.5 Å². The smallest absolute Gasteiger partial charge is 0.335 e. The van der Waals surface area contributed by atoms with Gasteiger partial charge in [-0.2, -0.15) is 0 Å². The second-order valence-electron chi connectivity index (χ2n) is 2.56. The van der Waals surface area contributed by atoms with Gasteiger partial charge in [-0.3, -0.25) is 0 Å². The van der Waals surface area contributed by atoms with E-state index < -0.39 is 5.97 Å². The molecule has 0 aromatic heterocycles. The maximum absolute atomic E-state index is 10.6. The Morgan fingerprint density at radius 1 is 1.46 bits per heavy atom. The van der Waals surface area contributed by atoms with Crippen LogP contribution in [0.25, 0.3) is 0 Å². The van der Waals surface area contributed by atoms with Crippen molar-refractivity contribution in [1.29, 1.82) is 0 Å². The van der Waals surface area contributed by atoms with Gasteiger partial charge >= 0.3 is 5.97 Å². The van der Waals surface area contributed by atoms with E-state index in [9.17, 15) is 4.79 Å². The van der Waals surface area contributed by atoms with Crippen molar-refractivity contribution in [1.82, 2.24) is 0 Å². The van der Waals surface area contributed by atoms with Crippen LogP contribution in [0.3, 0.4) is 0 Å². The van der Waals surface area contributed by atoms with Crippen LogP contribution in [-0.4, -0.2) is 11.1 Å². The van der Waals surface area contributed by atoms with Gasteiger partial charge < -0.3 is 5.11 Å². The molecule has 1 rings (SSSR count). The van der Waals surface area contributed by atoms with Crippen molar-refractivity contribution in [3.05, 3.63) is 34.9 Å². The zero-order chi connectivity index (χ0) is 9.84. The summed E-state index contributed by atoms with van der Waals surface area (Å²) in [5, 5.41) is 9.34. The van der Waals surface area contributed by atoms with E-state index in [4.69, 9.17) is 16.7 Å². The molecule has 0 spiro atoms. The Hall–Kier alpha value is -0.540. The second-order valence-corrected chi connectivity index (χ2v) is 3.38. The molecule has 0 atom stereocenters. The van der Waals surface area contributed by atoms with E-state index in [-0.39, 0.29) is 0 Å². The summed E-state index contributed by atoms with van der Waals surface area (Å²) in [4.78, 5) is 10.6. The van der Waals surface area contributed by atoms with Crippen LogP contribution in [0, 0.1) is 0 Å². The standard InChI is InChI=1S/C9H8BrClO2/c10-4-8-3-6(9(12)13)1-2-7(8)5-11/h1-3H,4-5H2,(H,12,13). The van der Waals surface area contributed by atoms with Crippen LogP contribution in [0.1, 0.15) is 21.5 Å². The molecule has 1 N–H and O–H groups in total. The van der Waals surface area contributed by atoms with Gasteiger partial charge in [-0.25, -0.2) is 4.79 Å². The largest absolute Gasteiger partial charge is 0.478 e. The Kier molecular flexibility index (Phi) is 3.75. The fraction of sp³-hybridized carbons (Fsp3) is 0.222. The predicted molar refractivity (Wildman–Crippen MR) is 55.6 cm³/mol. The topological polar surface area (TPSA) is 37.3 Å². The molecule has 2 nitrogen and oxygen atoms in total. The van der Waals surface area contributed by atoms with Crippen molar-refractivity contribution in [2.75, 3.05) is 0 Å². The van der Waals surface area contributed by atoms with Crippen molar-refractivity contribution < 1.29 is 9.90 Å². The molecule has 0 aliphatic carbocycles. The lowest BCUT2D eigenvalue weighted by Gasteiger charge is -2.04. The Labute approximate surface area is 89.7 Å². The number of alkyl halides is 2. The highest BCUT2D eigenvalue weighted by Gasteiger charge is 2.06. The van der Waals surface area contributed by atoms with Crippen LogP contribution < -0.4 is 0 Å². The molecule has 1 aromatic carbocycles. The molecule has 13 heavy (non-hydrogen) atoms. The monoisotopic (exact) mass is 262 g/mol. The second kappa shape index (κ2) is 4.63. The molecule has 0 aliphatic rings. The third-order valence-electron chi connectivity index (χ3n) is 1.74. The first-order valence-corrected chi connectivity index (χ1v) is 5.31. The highest BCUT2D eigenvalue weighted by Crippen LogP contribution is 2.17. The highest BCUT2D eigenvalue weighted by molar-refractivity contribution is 9.08. The number of hydrogen-bond acceptors (Lipinski definition) is 1. The maximum Gasteiger partial charge on any atom is 0.335 e. The Bertz CT molecular complexity index is 325. The molecule has 4 heteroatoms. The van der Waals surface area contributed by atoms with Gasteiger partial charge in [0.2, 0.25) is 0 Å². The van der Waals surface area contributed by atoms with Gasteiger partial charge in [0.05, 0.1) is 5.56 Å². The van der Waals surface area contributed by atoms with Crippen molar-refractivity contribution in [3.8, 4) is 0 Å². The summed E-state index contributed by atoms with van der Waals surface area (Å²) in [6, 6.07) is 4.94. The number of carbonyl (C=O) groups is 1. The van der Waals surface area contributed by atoms with E-state index in [1.807, 2.05) is 0 Å². The third-order valence-corrected chi connectivity index (χ3v) is 2.63. The number of halogens is 2. The summed E-state index contributed by atoms with van der Waals surface area (Å²) in [6.45, 7) is 0. The summed E-state index contributed by atoms with van der Waals surface area (Å²) >= 11 is 8.96. The summed E-state index contributed by atoms with van der Waals surface area (Å²) < 4.78 is 0. The lowest BCUT2D eigenvalue weighted by molar-refractivity contribution is 0.0697. The van der Waals surface area contributed by atoms with Gasteiger partial charge in [0.25, 0.3) is 0 Å². The zero-order valence-corrected chi connectivity index (χ0v) is 9.10. The molecule has 0 amide bonds. The first kappa shape index (κ1) is 10.5. The highest BCUT2D eigenvalue weighted by atomic mass is 79.9. The van der Waals surface area contributed by atoms with Gasteiger partial charge in [-0.05, 0) is 23.3 Å². The lowest BCUT2D eigenvalue weighted by Crippen LogP contribution is -1.98. The number of aromatic carboxylic acids is 1. The van der Waals surface area contributed by atoms with E-state index >= 15 is 0 Å². The molecular formula is C9H8BrClO2. The molecule has 0 radical (unpaired) electrons. The third kappa shape index (κ3) is 2.45. The molecule has 0 saturated carbocycles. The molecule has 1 aromatic rings. The molecular weight excluding hydrogens is 255 g/mol. The summed E-state index contributed by atoms with van der Waals surface area (Å²) in [5.74, 6) is -0.510. The summed E-state index contributed by atoms with van der Waals surface area (Å²) in [7, 11) is 0. The first-order chi connectivity index (χ1) is 6.19. The molecule has 0 saturated heterocycles. The van der Waals surface area contributed by atoms with Gasteiger partial charge in [-0.15, -0.1) is 11.6 Å². The van der Waals surface area contributed by atoms with Crippen LogP contribution in [0.2, 0.25) is 0 Å². The van der Waals surface area contributed by atoms with Crippen LogP contribution in [-0.2, 0) is 11.2 Å². The number of benzene rings is 1. The number of rotatable bonds is 3. The number of carboxylic acids is 1. The molecule has 70 valence electrons. The Balaban J connectivity index is 3.13. The van der Waals surface area contributed by atoms with Crippen molar-refractivity contribution in [2.45, 2.75) is 11.2 Å². The van der Waals surface area contributed by atoms with E-state index in [0.717, 1.165) is 11.1 Å². The fourth-order valence-corrected chi connectivity index (χ4v) is 1.80. The van der Waals surface area contributed by atoms with Crippen molar-refractivity contribution in [2.24, 2.45) is 0 Å². The average Bonchev–Trinajstić information content (AvgIpc) is 2.16. The molecule has 0 fully saturated rings. The van der Waals surface area contributed by atoms with Gasteiger partial charge in [0.1, 0.15) is 0 Å². The van der Waals surface area contributed by atoms with Gasteiger partial charge in [0.15, 0.2) is 0 Å². The maximum atomic E-state index is 10.6. The van der Waals surface area contributed by atoms with Crippen molar-refractivity contribution in [3.63, 3.8) is 0 Å². The van der Waals surface area contributed by atoms with Crippen LogP contribution in [0.5, 0.6) is 0 Å². The van der Waals surface area contributed by atoms with Crippen LogP contribution in [0.4, 0.5) is 0 Å². The SMILES string of the molecule is O=C(O)c1ccc(CCl)c(CBr)c1. The minimum absolute atomic E-state index is 0.295. The first-order valence-electron chi connectivity index (χ1n) is 3.66. The van der Waals surface area contributed by atoms with Crippen LogP contribution in [0.15, 0.2) is 18.2 Å². The van der Waals surface area contributed by atoms with E-state index in [2.05, 4.69) is 15.9 Å². The lowest BCUT2D eigenvalue weighted by atomic mass is 10.1. The minimum Gasteiger partial charge on any atom is -0.478 e. The summed E-state index contributed by atoms with van der Waals surface area (Å²) in [6.07, 6.45) is 0. The molecule has 0 bridgehead atoms. The Morgan fingerprint density at radius 3 is 2.62 bits per heavy atom. The normalized spacial score (nSPS) is 10.0. The quantitative estimate of drug-likeness (QED) is 0.851. The van der Waals surface area contributed by atoms with E-state index in [0.29, 0.717) is 16.8 Å². The Morgan fingerprint density at radius 2 is 2.15 bits per heavy atom. The number of carboxylic acid groups (broad SMARTS) is 1. The zero-order valence-electron chi connectivity index (χ0n) is 6.76. The average molecular weight is 264 g/mol. The molecule has 0 unspecified atom stereocenters. The van der Waals surface area contributed by atoms with Crippen LogP contribution >= 0.6 is 27.5 Å². The minimum atomic E-state index is -0.914. The number of hydrogen-bond donors (Lipinski definition) is 1. The van der Waals surface area contributed by atoms with Gasteiger partial charge in [-0.1, -0.05) is 22.0 Å². The molecule has 0 heterocycles. The van der Waals surface area contributed by atoms with Gasteiger partial charge in [0, 0.05) is 11.2 Å². The van der Waals surface area contributed by atoms with E-state index in [1.54, 1.807) is 18.2 Å².